The second-order valence-corrected chi connectivity index (χ2v) is 8.59. The lowest BCUT2D eigenvalue weighted by Gasteiger charge is -2.38. The number of rotatable bonds is 7. The van der Waals surface area contributed by atoms with Crippen LogP contribution in [0, 0.1) is 13.8 Å². The Balaban J connectivity index is 1.65. The van der Waals surface area contributed by atoms with Gasteiger partial charge in [0.05, 0.1) is 20.3 Å². The van der Waals surface area contributed by atoms with Gasteiger partial charge in [-0.2, -0.15) is 0 Å². The second-order valence-electron chi connectivity index (χ2n) is 8.59. The summed E-state index contributed by atoms with van der Waals surface area (Å²) in [6.07, 6.45) is 0.920. The molecule has 33 heavy (non-hydrogen) atoms. The number of benzene rings is 3. The molecule has 3 aromatic carbocycles. The molecule has 0 bridgehead atoms. The van der Waals surface area contributed by atoms with Crippen molar-refractivity contribution in [2.45, 2.75) is 32.9 Å². The van der Waals surface area contributed by atoms with Gasteiger partial charge in [0.15, 0.2) is 11.5 Å². The molecule has 1 aliphatic rings. The third-order valence-electron chi connectivity index (χ3n) is 6.59. The molecule has 172 valence electrons. The van der Waals surface area contributed by atoms with E-state index < -0.39 is 0 Å². The Kier molecular flexibility index (Phi) is 6.99. The van der Waals surface area contributed by atoms with E-state index in [0.717, 1.165) is 30.8 Å². The molecule has 1 atom stereocenters. The quantitative estimate of drug-likeness (QED) is 0.566. The van der Waals surface area contributed by atoms with Crippen molar-refractivity contribution in [3.8, 4) is 11.5 Å². The molecule has 0 radical (unpaired) electrons. The third-order valence-corrected chi connectivity index (χ3v) is 6.59. The Hall–Kier alpha value is -3.31. The molecule has 0 unspecified atom stereocenters. The number of ether oxygens (including phenoxy) is 2. The standard InChI is InChI=1S/C28H32N2O3/c1-19-9-5-7-11-22(19)18-30-14-13-21-15-26(32-3)27(33-4)16-24(21)25(30)17-29-28(31)23-12-8-6-10-20(23)2/h5-12,15-16,25H,13-14,17-18H2,1-4H3,(H,29,31)/t25-/m0/s1. The fourth-order valence-corrected chi connectivity index (χ4v) is 4.63. The summed E-state index contributed by atoms with van der Waals surface area (Å²) in [5.41, 5.74) is 6.69. The lowest BCUT2D eigenvalue weighted by atomic mass is 9.91. The summed E-state index contributed by atoms with van der Waals surface area (Å²) >= 11 is 0. The van der Waals surface area contributed by atoms with Crippen molar-refractivity contribution in [1.29, 1.82) is 0 Å². The van der Waals surface area contributed by atoms with Gasteiger partial charge in [-0.15, -0.1) is 0 Å². The normalized spacial score (nSPS) is 15.6. The van der Waals surface area contributed by atoms with Gasteiger partial charge in [-0.05, 0) is 66.3 Å². The zero-order valence-corrected chi connectivity index (χ0v) is 19.9. The van der Waals surface area contributed by atoms with Crippen molar-refractivity contribution in [1.82, 2.24) is 10.2 Å². The van der Waals surface area contributed by atoms with Crippen LogP contribution in [0.1, 0.15) is 44.2 Å². The minimum atomic E-state index is -0.0449. The molecule has 3 aromatic rings. The number of methoxy groups -OCH3 is 2. The highest BCUT2D eigenvalue weighted by molar-refractivity contribution is 5.95. The predicted octanol–water partition coefficient (Wildman–Crippen LogP) is 4.85. The number of aryl methyl sites for hydroxylation is 2. The second kappa shape index (κ2) is 10.1. The first kappa shape index (κ1) is 22.9. The Labute approximate surface area is 196 Å². The molecule has 0 fully saturated rings. The third kappa shape index (κ3) is 4.88. The van der Waals surface area contributed by atoms with Gasteiger partial charge in [0.25, 0.3) is 5.91 Å². The van der Waals surface area contributed by atoms with Gasteiger partial charge in [0, 0.05) is 25.2 Å². The number of carbonyl (C=O) groups excluding carboxylic acids is 1. The van der Waals surface area contributed by atoms with Crippen LogP contribution in [0.2, 0.25) is 0 Å². The Morgan fingerprint density at radius 1 is 0.970 bits per heavy atom. The summed E-state index contributed by atoms with van der Waals surface area (Å²) in [6.45, 7) is 6.36. The van der Waals surface area contributed by atoms with E-state index in [1.165, 1.54) is 22.3 Å². The molecule has 5 nitrogen and oxygen atoms in total. The maximum atomic E-state index is 13.0. The van der Waals surface area contributed by atoms with Crippen molar-refractivity contribution >= 4 is 5.91 Å². The fraction of sp³-hybridized carbons (Fsp3) is 0.321. The smallest absolute Gasteiger partial charge is 0.251 e. The minimum absolute atomic E-state index is 0.0288. The Morgan fingerprint density at radius 2 is 1.64 bits per heavy atom. The molecule has 0 spiro atoms. The van der Waals surface area contributed by atoms with Gasteiger partial charge in [-0.3, -0.25) is 9.69 Å². The van der Waals surface area contributed by atoms with E-state index in [4.69, 9.17) is 9.47 Å². The van der Waals surface area contributed by atoms with Crippen LogP contribution in [0.5, 0.6) is 11.5 Å². The van der Waals surface area contributed by atoms with Crippen LogP contribution >= 0.6 is 0 Å². The van der Waals surface area contributed by atoms with Gasteiger partial charge in [0.1, 0.15) is 0 Å². The zero-order valence-electron chi connectivity index (χ0n) is 19.9. The monoisotopic (exact) mass is 444 g/mol. The predicted molar refractivity (Wildman–Crippen MR) is 131 cm³/mol. The number of fused-ring (bicyclic) bond motifs is 1. The topological polar surface area (TPSA) is 50.8 Å². The van der Waals surface area contributed by atoms with Gasteiger partial charge >= 0.3 is 0 Å². The molecular weight excluding hydrogens is 412 g/mol. The van der Waals surface area contributed by atoms with E-state index in [9.17, 15) is 4.79 Å². The van der Waals surface area contributed by atoms with Crippen molar-refractivity contribution in [3.63, 3.8) is 0 Å². The Bertz CT molecular complexity index is 1140. The number of amides is 1. The molecule has 0 saturated heterocycles. The highest BCUT2D eigenvalue weighted by Crippen LogP contribution is 2.38. The van der Waals surface area contributed by atoms with Crippen molar-refractivity contribution < 1.29 is 14.3 Å². The summed E-state index contributed by atoms with van der Waals surface area (Å²) < 4.78 is 11.1. The van der Waals surface area contributed by atoms with Gasteiger partial charge in [-0.25, -0.2) is 0 Å². The fourth-order valence-electron chi connectivity index (χ4n) is 4.63. The van der Waals surface area contributed by atoms with Crippen LogP contribution < -0.4 is 14.8 Å². The number of nitrogens with zero attached hydrogens (tertiary/aromatic N) is 1. The molecule has 5 heteroatoms. The molecule has 0 saturated carbocycles. The number of hydrogen-bond acceptors (Lipinski definition) is 4. The highest BCUT2D eigenvalue weighted by Gasteiger charge is 2.30. The van der Waals surface area contributed by atoms with Crippen LogP contribution in [-0.4, -0.2) is 38.1 Å². The highest BCUT2D eigenvalue weighted by atomic mass is 16.5. The minimum Gasteiger partial charge on any atom is -0.493 e. The van der Waals surface area contributed by atoms with Crippen molar-refractivity contribution in [3.05, 3.63) is 94.0 Å². The first-order valence-corrected chi connectivity index (χ1v) is 11.4. The first-order chi connectivity index (χ1) is 16.0. The van der Waals surface area contributed by atoms with Crippen LogP contribution in [-0.2, 0) is 13.0 Å². The summed E-state index contributed by atoms with van der Waals surface area (Å²) in [5.74, 6) is 1.41. The summed E-state index contributed by atoms with van der Waals surface area (Å²) in [4.78, 5) is 15.4. The van der Waals surface area contributed by atoms with E-state index in [1.807, 2.05) is 31.2 Å². The SMILES string of the molecule is COc1cc2c(cc1OC)[C@H](CNC(=O)c1ccccc1C)N(Cc1ccccc1C)CC2. The molecule has 1 aliphatic heterocycles. The van der Waals surface area contributed by atoms with Gasteiger partial charge in [0.2, 0.25) is 0 Å². The average Bonchev–Trinajstić information content (AvgIpc) is 2.83. The van der Waals surface area contributed by atoms with E-state index in [0.29, 0.717) is 17.9 Å². The van der Waals surface area contributed by atoms with Gasteiger partial charge < -0.3 is 14.8 Å². The molecule has 4 rings (SSSR count). The van der Waals surface area contributed by atoms with Crippen molar-refractivity contribution in [2.75, 3.05) is 27.3 Å². The van der Waals surface area contributed by atoms with Crippen LogP contribution in [0.4, 0.5) is 0 Å². The van der Waals surface area contributed by atoms with E-state index >= 15 is 0 Å². The van der Waals surface area contributed by atoms with E-state index in [-0.39, 0.29) is 11.9 Å². The Morgan fingerprint density at radius 3 is 2.33 bits per heavy atom. The molecule has 1 heterocycles. The number of hydrogen-bond donors (Lipinski definition) is 1. The molecular formula is C28H32N2O3. The van der Waals surface area contributed by atoms with Gasteiger partial charge in [-0.1, -0.05) is 42.5 Å². The lowest BCUT2D eigenvalue weighted by Crippen LogP contribution is -2.42. The van der Waals surface area contributed by atoms with Crippen LogP contribution in [0.3, 0.4) is 0 Å². The summed E-state index contributed by atoms with van der Waals surface area (Å²) in [7, 11) is 3.32. The van der Waals surface area contributed by atoms with E-state index in [1.54, 1.807) is 14.2 Å². The lowest BCUT2D eigenvalue weighted by molar-refractivity contribution is 0.0925. The molecule has 1 N–H and O–H groups in total. The number of carbonyl (C=O) groups is 1. The largest absolute Gasteiger partial charge is 0.493 e. The van der Waals surface area contributed by atoms with Crippen LogP contribution in [0.15, 0.2) is 60.7 Å². The van der Waals surface area contributed by atoms with Crippen molar-refractivity contribution in [2.24, 2.45) is 0 Å². The maximum Gasteiger partial charge on any atom is 0.251 e. The molecule has 0 aromatic heterocycles. The zero-order chi connectivity index (χ0) is 23.4. The molecule has 1 amide bonds. The van der Waals surface area contributed by atoms with Crippen LogP contribution in [0.25, 0.3) is 0 Å². The molecule has 0 aliphatic carbocycles. The summed E-state index contributed by atoms with van der Waals surface area (Å²) in [5, 5.41) is 3.19. The summed E-state index contributed by atoms with van der Waals surface area (Å²) in [6, 6.07) is 20.4. The first-order valence-electron chi connectivity index (χ1n) is 11.4. The van der Waals surface area contributed by atoms with E-state index in [2.05, 4.69) is 53.5 Å². The maximum absolute atomic E-state index is 13.0. The average molecular weight is 445 g/mol. The number of nitrogens with one attached hydrogen (secondary N) is 1.